The van der Waals surface area contributed by atoms with E-state index in [1.807, 2.05) is 19.1 Å². The van der Waals surface area contributed by atoms with Crippen molar-refractivity contribution in [3.8, 4) is 0 Å². The average Bonchev–Trinajstić information content (AvgIpc) is 2.72. The molecule has 2 aromatic carbocycles. The quantitative estimate of drug-likeness (QED) is 0.404. The molecule has 2 amide bonds. The van der Waals surface area contributed by atoms with Crippen LogP contribution in [0.5, 0.6) is 0 Å². The highest BCUT2D eigenvalue weighted by atomic mass is 16.2. The minimum Gasteiger partial charge on any atom is -0.352 e. The molecule has 0 heterocycles. The molecule has 4 nitrogen and oxygen atoms in total. The van der Waals surface area contributed by atoms with Gasteiger partial charge in [0.05, 0.1) is 0 Å². The number of rotatable bonds is 9. The van der Waals surface area contributed by atoms with Crippen LogP contribution in [0.2, 0.25) is 0 Å². The van der Waals surface area contributed by atoms with Crippen LogP contribution in [0.3, 0.4) is 0 Å². The molecule has 0 aliphatic heterocycles. The molecule has 2 rings (SSSR count). The Morgan fingerprint density at radius 1 is 0.879 bits per heavy atom. The van der Waals surface area contributed by atoms with Crippen molar-refractivity contribution < 1.29 is 12.4 Å². The number of hydrogen-bond acceptors (Lipinski definition) is 2. The van der Waals surface area contributed by atoms with E-state index in [4.69, 9.17) is 0 Å². The maximum atomic E-state index is 11.5. The van der Waals surface area contributed by atoms with Gasteiger partial charge in [0.15, 0.2) is 0 Å². The van der Waals surface area contributed by atoms with Gasteiger partial charge >= 0.3 is 0 Å². The molecule has 4 heteroatoms. The normalized spacial score (nSPS) is 10.8. The van der Waals surface area contributed by atoms with E-state index in [1.165, 1.54) is 16.7 Å². The number of benzene rings is 2. The van der Waals surface area contributed by atoms with Gasteiger partial charge in [0, 0.05) is 27.9 Å². The predicted molar refractivity (Wildman–Crippen MR) is 145 cm³/mol. The van der Waals surface area contributed by atoms with Crippen molar-refractivity contribution in [2.75, 3.05) is 5.32 Å². The Morgan fingerprint density at radius 3 is 2.00 bits per heavy atom. The Kier molecular flexibility index (Phi) is 12.5. The van der Waals surface area contributed by atoms with Crippen molar-refractivity contribution in [2.24, 2.45) is 5.92 Å². The Balaban J connectivity index is 0. The van der Waals surface area contributed by atoms with Gasteiger partial charge in [-0.15, -0.1) is 0 Å². The minimum atomic E-state index is 0. The first-order chi connectivity index (χ1) is 15.5. The molecule has 0 radical (unpaired) electrons. The number of carbonyl (C=O) groups excluding carboxylic acids is 2. The lowest BCUT2D eigenvalue weighted by atomic mass is 9.98. The molecule has 0 aliphatic carbocycles. The summed E-state index contributed by atoms with van der Waals surface area (Å²) in [6.07, 6.45) is 2.07. The molecule has 0 aliphatic rings. The summed E-state index contributed by atoms with van der Waals surface area (Å²) < 4.78 is 0. The Bertz CT molecular complexity index is 879. The molecule has 0 atom stereocenters. The monoisotopic (exact) mass is 456 g/mol. The number of anilines is 1. The summed E-state index contributed by atoms with van der Waals surface area (Å²) in [5.41, 5.74) is 5.98. The van der Waals surface area contributed by atoms with Crippen LogP contribution in [0, 0.1) is 12.8 Å². The molecular formula is C29H48N2O2. The van der Waals surface area contributed by atoms with Gasteiger partial charge in [-0.1, -0.05) is 78.8 Å². The van der Waals surface area contributed by atoms with Crippen LogP contribution < -0.4 is 10.6 Å². The van der Waals surface area contributed by atoms with Crippen molar-refractivity contribution in [3.63, 3.8) is 0 Å². The lowest BCUT2D eigenvalue weighted by Gasteiger charge is -2.12. The highest BCUT2D eigenvalue weighted by Gasteiger charge is 2.06. The van der Waals surface area contributed by atoms with Crippen LogP contribution in [0.15, 0.2) is 42.5 Å². The number of carbonyl (C=O) groups is 2. The van der Waals surface area contributed by atoms with E-state index in [1.54, 1.807) is 0 Å². The van der Waals surface area contributed by atoms with Gasteiger partial charge in [0.25, 0.3) is 0 Å². The van der Waals surface area contributed by atoms with Crippen LogP contribution in [0.1, 0.15) is 105 Å². The van der Waals surface area contributed by atoms with Crippen LogP contribution in [-0.4, -0.2) is 11.8 Å². The van der Waals surface area contributed by atoms with Gasteiger partial charge in [-0.3, -0.25) is 9.59 Å². The van der Waals surface area contributed by atoms with Crippen molar-refractivity contribution in [3.05, 3.63) is 64.7 Å². The SMILES string of the molecule is CC(C)CC(=O)NCc1ccc(C(C)C)cc1.CCCC(=O)Nc1ccc(C(C)C)c(C)c1.[HH].[HH]. The van der Waals surface area contributed by atoms with Gasteiger partial charge < -0.3 is 10.6 Å². The fourth-order valence-electron chi connectivity index (χ4n) is 3.52. The molecular weight excluding hydrogens is 408 g/mol. The summed E-state index contributed by atoms with van der Waals surface area (Å²) in [7, 11) is 0. The maximum absolute atomic E-state index is 11.5. The van der Waals surface area contributed by atoms with Crippen molar-refractivity contribution in [2.45, 2.75) is 93.0 Å². The topological polar surface area (TPSA) is 58.2 Å². The van der Waals surface area contributed by atoms with Gasteiger partial charge in [-0.05, 0) is 65.5 Å². The van der Waals surface area contributed by atoms with Crippen LogP contribution >= 0.6 is 0 Å². The van der Waals surface area contributed by atoms with Gasteiger partial charge in [0.2, 0.25) is 11.8 Å². The molecule has 0 saturated carbocycles. The molecule has 0 bridgehead atoms. The summed E-state index contributed by atoms with van der Waals surface area (Å²) in [4.78, 5) is 22.9. The first-order valence-corrected chi connectivity index (χ1v) is 12.3. The molecule has 0 unspecified atom stereocenters. The zero-order valence-corrected chi connectivity index (χ0v) is 21.9. The van der Waals surface area contributed by atoms with Crippen molar-refractivity contribution in [1.29, 1.82) is 0 Å². The lowest BCUT2D eigenvalue weighted by molar-refractivity contribution is -0.122. The van der Waals surface area contributed by atoms with Crippen molar-refractivity contribution >= 4 is 17.5 Å². The van der Waals surface area contributed by atoms with E-state index in [-0.39, 0.29) is 14.7 Å². The molecule has 0 fully saturated rings. The summed E-state index contributed by atoms with van der Waals surface area (Å²) in [5, 5.41) is 5.85. The molecule has 2 N–H and O–H groups in total. The summed E-state index contributed by atoms with van der Waals surface area (Å²) >= 11 is 0. The average molecular weight is 457 g/mol. The highest BCUT2D eigenvalue weighted by Crippen LogP contribution is 2.22. The van der Waals surface area contributed by atoms with Gasteiger partial charge in [-0.25, -0.2) is 0 Å². The second-order valence-electron chi connectivity index (χ2n) is 9.80. The first kappa shape index (κ1) is 28.4. The third-order valence-electron chi connectivity index (χ3n) is 5.38. The third kappa shape index (κ3) is 11.2. The third-order valence-corrected chi connectivity index (χ3v) is 5.38. The molecule has 33 heavy (non-hydrogen) atoms. The van der Waals surface area contributed by atoms with E-state index >= 15 is 0 Å². The fraction of sp³-hybridized carbons (Fsp3) is 0.517. The zero-order chi connectivity index (χ0) is 25.0. The van der Waals surface area contributed by atoms with Gasteiger partial charge in [0.1, 0.15) is 0 Å². The van der Waals surface area contributed by atoms with E-state index in [9.17, 15) is 9.59 Å². The second kappa shape index (κ2) is 14.5. The lowest BCUT2D eigenvalue weighted by Crippen LogP contribution is -2.23. The smallest absolute Gasteiger partial charge is 0.224 e. The van der Waals surface area contributed by atoms with Crippen LogP contribution in [0.4, 0.5) is 5.69 Å². The van der Waals surface area contributed by atoms with E-state index in [0.717, 1.165) is 17.7 Å². The highest BCUT2D eigenvalue weighted by molar-refractivity contribution is 5.90. The van der Waals surface area contributed by atoms with Gasteiger partial charge in [-0.2, -0.15) is 0 Å². The minimum absolute atomic E-state index is 0. The van der Waals surface area contributed by atoms with E-state index < -0.39 is 0 Å². The Morgan fingerprint density at radius 2 is 1.52 bits per heavy atom. The molecule has 2 aromatic rings. The summed E-state index contributed by atoms with van der Waals surface area (Å²) in [6.45, 7) is 17.5. The van der Waals surface area contributed by atoms with E-state index in [2.05, 4.69) is 89.4 Å². The number of aryl methyl sites for hydroxylation is 1. The Labute approximate surface area is 204 Å². The number of amides is 2. The molecule has 186 valence electrons. The Hall–Kier alpha value is -2.62. The molecule has 0 spiro atoms. The van der Waals surface area contributed by atoms with Crippen LogP contribution in [0.25, 0.3) is 0 Å². The second-order valence-corrected chi connectivity index (χ2v) is 9.80. The van der Waals surface area contributed by atoms with E-state index in [0.29, 0.717) is 37.1 Å². The first-order valence-electron chi connectivity index (χ1n) is 12.3. The number of hydrogen-bond donors (Lipinski definition) is 2. The fourth-order valence-corrected chi connectivity index (χ4v) is 3.52. The summed E-state index contributed by atoms with van der Waals surface area (Å²) in [6, 6.07) is 14.6. The summed E-state index contributed by atoms with van der Waals surface area (Å²) in [5.74, 6) is 1.73. The largest absolute Gasteiger partial charge is 0.352 e. The van der Waals surface area contributed by atoms with Crippen LogP contribution in [-0.2, 0) is 16.1 Å². The number of nitrogens with one attached hydrogen (secondary N) is 2. The van der Waals surface area contributed by atoms with Crippen molar-refractivity contribution in [1.82, 2.24) is 5.32 Å². The standard InChI is InChI=1S/C15H23NO.C14H21NO.2H2/c1-11(2)9-15(17)16-10-13-5-7-14(8-6-13)12(3)4;1-5-6-14(16)15-12-7-8-13(10(2)3)11(4)9-12;;/h5-8,11-12H,9-10H2,1-4H3,(H,16,17);7-10H,5-6H2,1-4H3,(H,15,16);2*1H. The predicted octanol–water partition coefficient (Wildman–Crippen LogP) is 7.82. The maximum Gasteiger partial charge on any atom is 0.224 e. The zero-order valence-electron chi connectivity index (χ0n) is 21.9. The molecule has 0 aromatic heterocycles. The molecule has 0 saturated heterocycles.